The van der Waals surface area contributed by atoms with Crippen LogP contribution in [0.1, 0.15) is 24.0 Å². The molecule has 1 aliphatic carbocycles. The highest BCUT2D eigenvalue weighted by atomic mass is 16.5. The Kier molecular flexibility index (Phi) is 6.75. The van der Waals surface area contributed by atoms with E-state index in [1.54, 1.807) is 31.4 Å². The van der Waals surface area contributed by atoms with Crippen LogP contribution in [-0.2, 0) is 11.3 Å². The molecule has 0 bridgehead atoms. The summed E-state index contributed by atoms with van der Waals surface area (Å²) in [6.45, 7) is 0.522. The molecule has 6 heteroatoms. The lowest BCUT2D eigenvalue weighted by molar-refractivity contribution is -0.127. The average molecular weight is 392 g/mol. The van der Waals surface area contributed by atoms with Gasteiger partial charge in [-0.25, -0.2) is 0 Å². The highest BCUT2D eigenvalue weighted by molar-refractivity contribution is 5.92. The number of carbonyl (C=O) groups is 1. The van der Waals surface area contributed by atoms with Crippen LogP contribution in [0.4, 0.5) is 0 Å². The molecular formula is C23H24N2O4. The van der Waals surface area contributed by atoms with Crippen LogP contribution < -0.4 is 14.2 Å². The average Bonchev–Trinajstić information content (AvgIpc) is 3.60. The number of methoxy groups -OCH3 is 2. The number of amides is 1. The Morgan fingerprint density at radius 1 is 1.14 bits per heavy atom. The van der Waals surface area contributed by atoms with Gasteiger partial charge in [-0.1, -0.05) is 18.2 Å². The van der Waals surface area contributed by atoms with Gasteiger partial charge in [0.15, 0.2) is 18.1 Å². The highest BCUT2D eigenvalue weighted by Crippen LogP contribution is 2.30. The van der Waals surface area contributed by atoms with Crippen molar-refractivity contribution in [1.82, 2.24) is 4.90 Å². The summed E-state index contributed by atoms with van der Waals surface area (Å²) in [5, 5.41) is 8.65. The van der Waals surface area contributed by atoms with Crippen LogP contribution in [0.15, 0.2) is 48.5 Å². The number of rotatable bonds is 9. The second kappa shape index (κ2) is 9.65. The van der Waals surface area contributed by atoms with E-state index in [0.29, 0.717) is 24.1 Å². The fourth-order valence-corrected chi connectivity index (χ4v) is 2.98. The molecular weight excluding hydrogens is 368 g/mol. The summed E-state index contributed by atoms with van der Waals surface area (Å²) in [4.78, 5) is 14.7. The molecule has 0 saturated heterocycles. The SMILES string of the molecule is COc1ccc(CN(C(=O)/C=C/c2ccc(OCC#N)c(OC)c2)C2CC2)cc1. The van der Waals surface area contributed by atoms with Crippen molar-refractivity contribution in [3.63, 3.8) is 0 Å². The van der Waals surface area contributed by atoms with Gasteiger partial charge in [0.2, 0.25) is 5.91 Å². The zero-order valence-electron chi connectivity index (χ0n) is 16.6. The van der Waals surface area contributed by atoms with Crippen LogP contribution >= 0.6 is 0 Å². The van der Waals surface area contributed by atoms with Crippen molar-refractivity contribution in [3.05, 3.63) is 59.7 Å². The smallest absolute Gasteiger partial charge is 0.247 e. The van der Waals surface area contributed by atoms with Gasteiger partial charge in [-0.2, -0.15) is 5.26 Å². The van der Waals surface area contributed by atoms with Crippen molar-refractivity contribution in [2.75, 3.05) is 20.8 Å². The van der Waals surface area contributed by atoms with Crippen molar-refractivity contribution < 1.29 is 19.0 Å². The predicted octanol–water partition coefficient (Wildman–Crippen LogP) is 3.81. The lowest BCUT2D eigenvalue weighted by Crippen LogP contribution is -2.31. The summed E-state index contributed by atoms with van der Waals surface area (Å²) < 4.78 is 15.8. The number of nitriles is 1. The van der Waals surface area contributed by atoms with Crippen molar-refractivity contribution in [3.8, 4) is 23.3 Å². The van der Waals surface area contributed by atoms with Gasteiger partial charge in [-0.15, -0.1) is 0 Å². The number of ether oxygens (including phenoxy) is 3. The fourth-order valence-electron chi connectivity index (χ4n) is 2.98. The molecule has 3 rings (SSSR count). The minimum atomic E-state index is -0.0499. The minimum absolute atomic E-state index is 0.0212. The molecule has 1 aliphatic rings. The monoisotopic (exact) mass is 392 g/mol. The number of hydrogen-bond donors (Lipinski definition) is 0. The molecule has 0 aliphatic heterocycles. The molecule has 2 aromatic carbocycles. The minimum Gasteiger partial charge on any atom is -0.497 e. The third-order valence-corrected chi connectivity index (χ3v) is 4.68. The van der Waals surface area contributed by atoms with Gasteiger partial charge in [0.05, 0.1) is 14.2 Å². The molecule has 29 heavy (non-hydrogen) atoms. The largest absolute Gasteiger partial charge is 0.497 e. The van der Waals surface area contributed by atoms with Gasteiger partial charge in [0, 0.05) is 18.7 Å². The summed E-state index contributed by atoms with van der Waals surface area (Å²) in [6, 6.07) is 15.3. The van der Waals surface area contributed by atoms with E-state index < -0.39 is 0 Å². The Morgan fingerprint density at radius 3 is 2.52 bits per heavy atom. The van der Waals surface area contributed by atoms with Gasteiger partial charge in [-0.3, -0.25) is 4.79 Å². The van der Waals surface area contributed by atoms with E-state index in [4.69, 9.17) is 19.5 Å². The van der Waals surface area contributed by atoms with Crippen LogP contribution in [-0.4, -0.2) is 37.7 Å². The van der Waals surface area contributed by atoms with E-state index in [9.17, 15) is 4.79 Å². The molecule has 1 fully saturated rings. The third-order valence-electron chi connectivity index (χ3n) is 4.68. The Hall–Kier alpha value is -3.46. The predicted molar refractivity (Wildman–Crippen MR) is 110 cm³/mol. The Labute approximate surface area is 170 Å². The van der Waals surface area contributed by atoms with Crippen LogP contribution in [0.25, 0.3) is 6.08 Å². The first-order valence-electron chi connectivity index (χ1n) is 9.44. The molecule has 0 unspecified atom stereocenters. The van der Waals surface area contributed by atoms with Gasteiger partial charge in [0.25, 0.3) is 0 Å². The van der Waals surface area contributed by atoms with E-state index in [-0.39, 0.29) is 12.5 Å². The second-order valence-corrected chi connectivity index (χ2v) is 6.74. The Morgan fingerprint density at radius 2 is 1.90 bits per heavy atom. The lowest BCUT2D eigenvalue weighted by Gasteiger charge is -2.21. The van der Waals surface area contributed by atoms with Crippen molar-refractivity contribution in [2.45, 2.75) is 25.4 Å². The molecule has 0 spiro atoms. The zero-order valence-corrected chi connectivity index (χ0v) is 16.6. The van der Waals surface area contributed by atoms with Crippen LogP contribution in [0, 0.1) is 11.3 Å². The van der Waals surface area contributed by atoms with Gasteiger partial charge in [0.1, 0.15) is 11.8 Å². The van der Waals surface area contributed by atoms with Gasteiger partial charge >= 0.3 is 0 Å². The standard InChI is InChI=1S/C23H24N2O4/c1-27-20-9-3-18(4-10-20)16-25(19-7-8-19)23(26)12-6-17-5-11-21(29-14-13-24)22(15-17)28-2/h3-6,9-12,15,19H,7-8,14,16H2,1-2H3/b12-6+. The van der Waals surface area contributed by atoms with Gasteiger partial charge in [-0.05, 0) is 54.3 Å². The van der Waals surface area contributed by atoms with Gasteiger partial charge < -0.3 is 19.1 Å². The molecule has 6 nitrogen and oxygen atoms in total. The first kappa shape index (κ1) is 20.3. The van der Waals surface area contributed by atoms with Crippen LogP contribution in [0.3, 0.4) is 0 Å². The topological polar surface area (TPSA) is 71.8 Å². The lowest BCUT2D eigenvalue weighted by atomic mass is 10.1. The van der Waals surface area contributed by atoms with Crippen molar-refractivity contribution in [2.24, 2.45) is 0 Å². The summed E-state index contributed by atoms with van der Waals surface area (Å²) in [6.07, 6.45) is 5.43. The zero-order chi connectivity index (χ0) is 20.6. The third kappa shape index (κ3) is 5.52. The van der Waals surface area contributed by atoms with E-state index in [2.05, 4.69) is 0 Å². The number of hydrogen-bond acceptors (Lipinski definition) is 5. The highest BCUT2D eigenvalue weighted by Gasteiger charge is 2.31. The summed E-state index contributed by atoms with van der Waals surface area (Å²) >= 11 is 0. The maximum atomic E-state index is 12.8. The summed E-state index contributed by atoms with van der Waals surface area (Å²) in [5.41, 5.74) is 1.89. The van der Waals surface area contributed by atoms with Crippen LogP contribution in [0.2, 0.25) is 0 Å². The quantitative estimate of drug-likeness (QED) is 0.607. The normalized spacial score (nSPS) is 13.0. The van der Waals surface area contributed by atoms with Crippen molar-refractivity contribution >= 4 is 12.0 Å². The first-order valence-corrected chi connectivity index (χ1v) is 9.44. The molecule has 0 heterocycles. The van der Waals surface area contributed by atoms with E-state index in [1.165, 1.54) is 7.11 Å². The molecule has 0 aromatic heterocycles. The Bertz CT molecular complexity index is 911. The van der Waals surface area contributed by atoms with Crippen molar-refractivity contribution in [1.29, 1.82) is 5.26 Å². The first-order chi connectivity index (χ1) is 14.1. The van der Waals surface area contributed by atoms with E-state index in [1.807, 2.05) is 41.3 Å². The van der Waals surface area contributed by atoms with E-state index in [0.717, 1.165) is 29.7 Å². The maximum absolute atomic E-state index is 12.8. The van der Waals surface area contributed by atoms with Crippen LogP contribution in [0.5, 0.6) is 17.2 Å². The number of nitrogens with zero attached hydrogens (tertiary/aromatic N) is 2. The number of carbonyl (C=O) groups excluding carboxylic acids is 1. The summed E-state index contributed by atoms with van der Waals surface area (Å²) in [5.74, 6) is 1.80. The number of benzene rings is 2. The molecule has 1 amide bonds. The Balaban J connectivity index is 1.69. The fraction of sp³-hybridized carbons (Fsp3) is 0.304. The molecule has 150 valence electrons. The maximum Gasteiger partial charge on any atom is 0.247 e. The molecule has 2 aromatic rings. The molecule has 0 atom stereocenters. The van der Waals surface area contributed by atoms with E-state index >= 15 is 0 Å². The molecule has 0 N–H and O–H groups in total. The second-order valence-electron chi connectivity index (χ2n) is 6.74. The molecule has 1 saturated carbocycles. The summed E-state index contributed by atoms with van der Waals surface area (Å²) in [7, 11) is 3.17. The molecule has 0 radical (unpaired) electrons.